The van der Waals surface area contributed by atoms with Crippen LogP contribution in [0.5, 0.6) is 11.5 Å². The van der Waals surface area contributed by atoms with Gasteiger partial charge in [-0.05, 0) is 65.8 Å². The molecule has 0 saturated heterocycles. The summed E-state index contributed by atoms with van der Waals surface area (Å²) in [5.74, 6) is 1.55. The molecule has 0 saturated carbocycles. The van der Waals surface area contributed by atoms with Crippen molar-refractivity contribution in [3.05, 3.63) is 133 Å². The van der Waals surface area contributed by atoms with E-state index in [0.717, 1.165) is 61.6 Å². The molecule has 10 rings (SSSR count). The minimum absolute atomic E-state index is 0.00856. The van der Waals surface area contributed by atoms with Crippen LogP contribution >= 0.6 is 0 Å². The maximum absolute atomic E-state index is 6.68. The van der Waals surface area contributed by atoms with Crippen LogP contribution in [0.3, 0.4) is 0 Å². The number of hydrogen-bond donors (Lipinski definition) is 0. The molecule has 0 aliphatic heterocycles. The lowest BCUT2D eigenvalue weighted by Crippen LogP contribution is -2.11. The predicted molar refractivity (Wildman–Crippen MR) is 198 cm³/mol. The van der Waals surface area contributed by atoms with Crippen molar-refractivity contribution in [1.29, 1.82) is 0 Å². The number of hydrogen-bond acceptors (Lipinski definition) is 3. The van der Waals surface area contributed by atoms with Crippen LogP contribution in [0.2, 0.25) is 0 Å². The van der Waals surface area contributed by atoms with Gasteiger partial charge in [-0.3, -0.25) is 8.80 Å². The fourth-order valence-electron chi connectivity index (χ4n) is 7.96. The summed E-state index contributed by atoms with van der Waals surface area (Å²) >= 11 is 0. The van der Waals surface area contributed by atoms with E-state index in [-0.39, 0.29) is 5.41 Å². The first-order valence-corrected chi connectivity index (χ1v) is 16.5. The summed E-state index contributed by atoms with van der Waals surface area (Å²) in [6, 6.07) is 40.7. The van der Waals surface area contributed by atoms with Gasteiger partial charge in [0.2, 0.25) is 0 Å². The molecule has 5 aromatic carbocycles. The Labute approximate surface area is 277 Å². The topological polar surface area (TPSA) is 43.8 Å². The zero-order chi connectivity index (χ0) is 32.3. The van der Waals surface area contributed by atoms with Gasteiger partial charge < -0.3 is 4.74 Å². The van der Waals surface area contributed by atoms with Gasteiger partial charge in [0, 0.05) is 50.1 Å². The van der Waals surface area contributed by atoms with E-state index in [1.54, 1.807) is 0 Å². The highest BCUT2D eigenvalue weighted by molar-refractivity contribution is 6.23. The molecule has 0 aliphatic carbocycles. The molecular formula is C43H32N4O. The molecule has 10 aromatic rings. The zero-order valence-corrected chi connectivity index (χ0v) is 27.2. The average molecular weight is 621 g/mol. The third-order valence-electron chi connectivity index (χ3n) is 9.98. The Morgan fingerprint density at radius 3 is 2.12 bits per heavy atom. The summed E-state index contributed by atoms with van der Waals surface area (Å²) in [6.45, 7) is 8.91. The van der Waals surface area contributed by atoms with Crippen LogP contribution in [0.25, 0.3) is 76.8 Å². The molecule has 0 fully saturated rings. The molecule has 0 N–H and O–H groups in total. The Bertz CT molecular complexity index is 2910. The number of imidazole rings is 1. The number of aromatic nitrogens is 4. The third-order valence-corrected chi connectivity index (χ3v) is 9.98. The highest BCUT2D eigenvalue weighted by Crippen LogP contribution is 2.43. The van der Waals surface area contributed by atoms with Gasteiger partial charge in [0.15, 0.2) is 0 Å². The molecule has 5 nitrogen and oxygen atoms in total. The van der Waals surface area contributed by atoms with Crippen LogP contribution in [0, 0.1) is 6.92 Å². The monoisotopic (exact) mass is 620 g/mol. The van der Waals surface area contributed by atoms with Crippen LogP contribution in [-0.4, -0.2) is 18.8 Å². The van der Waals surface area contributed by atoms with Gasteiger partial charge in [-0.15, -0.1) is 0 Å². The van der Waals surface area contributed by atoms with E-state index in [1.165, 1.54) is 38.0 Å². The van der Waals surface area contributed by atoms with E-state index < -0.39 is 0 Å². The Morgan fingerprint density at radius 2 is 1.29 bits per heavy atom. The number of ether oxygens (including phenoxy) is 1. The number of fused-ring (bicyclic) bond motifs is 12. The molecule has 0 unspecified atom stereocenters. The molecule has 0 bridgehead atoms. The van der Waals surface area contributed by atoms with Gasteiger partial charge in [-0.1, -0.05) is 87.5 Å². The van der Waals surface area contributed by atoms with Crippen LogP contribution in [0.1, 0.15) is 32.0 Å². The van der Waals surface area contributed by atoms with Crippen molar-refractivity contribution in [1.82, 2.24) is 18.8 Å². The number of pyridine rings is 2. The van der Waals surface area contributed by atoms with Gasteiger partial charge in [0.05, 0.1) is 27.9 Å². The Morgan fingerprint density at radius 1 is 0.583 bits per heavy atom. The van der Waals surface area contributed by atoms with Crippen LogP contribution in [0.4, 0.5) is 0 Å². The quantitative estimate of drug-likeness (QED) is 0.185. The maximum Gasteiger partial charge on any atom is 0.146 e. The standard InChI is InChI=1S/C43H32N4O/c1-25-39(26-11-6-5-7-12-26)46-36-16-9-8-13-30(36)29-19-17-27(23-34(29)41(46)45-25)48-28-18-20-31-32-14-10-15-33-38-35(43(2,3)4)21-22-44-42(38)47(40(32)33)37(31)24-28/h5-24H,1-4H3. The maximum atomic E-state index is 6.68. The Balaban J connectivity index is 1.17. The highest BCUT2D eigenvalue weighted by Gasteiger charge is 2.25. The first kappa shape index (κ1) is 27.2. The number of aryl methyl sites for hydroxylation is 1. The van der Waals surface area contributed by atoms with Crippen molar-refractivity contribution >= 4 is 65.5 Å². The van der Waals surface area contributed by atoms with E-state index in [4.69, 9.17) is 14.7 Å². The molecule has 0 spiro atoms. The largest absolute Gasteiger partial charge is 0.457 e. The molecule has 0 amide bonds. The molecule has 5 heteroatoms. The van der Waals surface area contributed by atoms with Gasteiger partial charge in [0.25, 0.3) is 0 Å². The lowest BCUT2D eigenvalue weighted by atomic mass is 9.85. The Hall–Kier alpha value is -5.94. The third kappa shape index (κ3) is 3.67. The summed E-state index contributed by atoms with van der Waals surface area (Å²) < 4.78 is 11.3. The van der Waals surface area contributed by atoms with E-state index in [2.05, 4.69) is 152 Å². The highest BCUT2D eigenvalue weighted by atomic mass is 16.5. The van der Waals surface area contributed by atoms with Gasteiger partial charge in [0.1, 0.15) is 22.8 Å². The number of nitrogens with zero attached hydrogens (tertiary/aromatic N) is 4. The molecule has 5 heterocycles. The molecular weight excluding hydrogens is 589 g/mol. The smallest absolute Gasteiger partial charge is 0.146 e. The van der Waals surface area contributed by atoms with E-state index in [1.807, 2.05) is 6.20 Å². The predicted octanol–water partition coefficient (Wildman–Crippen LogP) is 11.3. The van der Waals surface area contributed by atoms with Crippen molar-refractivity contribution in [3.63, 3.8) is 0 Å². The fourth-order valence-corrected chi connectivity index (χ4v) is 7.96. The van der Waals surface area contributed by atoms with Gasteiger partial charge in [-0.2, -0.15) is 0 Å². The second-order valence-electron chi connectivity index (χ2n) is 13.9. The number of benzene rings is 5. The SMILES string of the molecule is Cc1nc2c3cc(Oc4ccc5c6cccc7c8c(C(C)(C)C)ccnc8n(c5c4)c67)ccc3c3ccccc3n2c1-c1ccccc1. The fraction of sp³-hybridized carbons (Fsp3) is 0.116. The summed E-state index contributed by atoms with van der Waals surface area (Å²) in [5.41, 5.74) is 9.93. The van der Waals surface area contributed by atoms with Gasteiger partial charge in [-0.25, -0.2) is 9.97 Å². The van der Waals surface area contributed by atoms with Crippen molar-refractivity contribution < 1.29 is 4.74 Å². The van der Waals surface area contributed by atoms with Gasteiger partial charge >= 0.3 is 0 Å². The van der Waals surface area contributed by atoms with E-state index in [0.29, 0.717) is 0 Å². The second-order valence-corrected chi connectivity index (χ2v) is 13.9. The molecule has 0 atom stereocenters. The zero-order valence-electron chi connectivity index (χ0n) is 27.2. The molecule has 230 valence electrons. The lowest BCUT2D eigenvalue weighted by molar-refractivity contribution is 0.484. The van der Waals surface area contributed by atoms with Crippen LogP contribution in [0.15, 0.2) is 121 Å². The molecule has 0 radical (unpaired) electrons. The molecule has 0 aliphatic rings. The first-order valence-electron chi connectivity index (χ1n) is 16.5. The summed E-state index contributed by atoms with van der Waals surface area (Å²) in [4.78, 5) is 10.1. The summed E-state index contributed by atoms with van der Waals surface area (Å²) in [5, 5.41) is 8.30. The number of para-hydroxylation sites is 2. The van der Waals surface area contributed by atoms with Crippen molar-refractivity contribution in [2.45, 2.75) is 33.1 Å². The molecule has 48 heavy (non-hydrogen) atoms. The molecule has 5 aromatic heterocycles. The minimum Gasteiger partial charge on any atom is -0.457 e. The first-order chi connectivity index (χ1) is 23.4. The van der Waals surface area contributed by atoms with Crippen LogP contribution in [-0.2, 0) is 5.41 Å². The van der Waals surface area contributed by atoms with Crippen LogP contribution < -0.4 is 4.74 Å². The summed E-state index contributed by atoms with van der Waals surface area (Å²) in [6.07, 6.45) is 1.95. The van der Waals surface area contributed by atoms with E-state index in [9.17, 15) is 0 Å². The number of rotatable bonds is 3. The average Bonchev–Trinajstić information content (AvgIpc) is 3.75. The normalized spacial score (nSPS) is 12.6. The second kappa shape index (κ2) is 9.55. The van der Waals surface area contributed by atoms with E-state index >= 15 is 0 Å². The van der Waals surface area contributed by atoms with Crippen molar-refractivity contribution in [3.8, 4) is 22.8 Å². The summed E-state index contributed by atoms with van der Waals surface area (Å²) in [7, 11) is 0. The lowest BCUT2D eigenvalue weighted by Gasteiger charge is -2.20. The minimum atomic E-state index is -0.00856. The van der Waals surface area contributed by atoms with Crippen molar-refractivity contribution in [2.75, 3.05) is 0 Å². The Kier molecular flexibility index (Phi) is 5.41. The van der Waals surface area contributed by atoms with Crippen molar-refractivity contribution in [2.24, 2.45) is 0 Å².